The Morgan fingerprint density at radius 3 is 2.70 bits per heavy atom. The van der Waals surface area contributed by atoms with Crippen molar-refractivity contribution < 1.29 is 8.42 Å². The maximum Gasteiger partial charge on any atom is 0.209 e. The first-order valence-electron chi connectivity index (χ1n) is 8.99. The number of H-pyrrole nitrogens is 1. The van der Waals surface area contributed by atoms with Crippen LogP contribution in [0, 0.1) is 6.92 Å². The highest BCUT2D eigenvalue weighted by atomic mass is 32.2. The molecule has 0 radical (unpaired) electrons. The molecule has 1 aliphatic heterocycles. The molecular formula is C19H23N5O2S. The fourth-order valence-corrected chi connectivity index (χ4v) is 4.70. The maximum atomic E-state index is 12.0. The lowest BCUT2D eigenvalue weighted by Gasteiger charge is -2.39. The molecule has 4 rings (SSSR count). The van der Waals surface area contributed by atoms with E-state index in [1.54, 1.807) is 0 Å². The minimum Gasteiger partial charge on any atom is -0.357 e. The second kappa shape index (κ2) is 6.94. The van der Waals surface area contributed by atoms with E-state index in [0.29, 0.717) is 12.4 Å². The Morgan fingerprint density at radius 2 is 1.96 bits per heavy atom. The highest BCUT2D eigenvalue weighted by Gasteiger charge is 2.33. The van der Waals surface area contributed by atoms with Crippen molar-refractivity contribution in [1.29, 1.82) is 0 Å². The second-order valence-corrected chi connectivity index (χ2v) is 8.86. The highest BCUT2D eigenvalue weighted by Crippen LogP contribution is 2.32. The molecule has 27 heavy (non-hydrogen) atoms. The van der Waals surface area contributed by atoms with E-state index in [1.807, 2.05) is 37.4 Å². The van der Waals surface area contributed by atoms with Gasteiger partial charge in [0.2, 0.25) is 10.0 Å². The number of aromatic nitrogens is 3. The van der Waals surface area contributed by atoms with Crippen molar-refractivity contribution in [2.45, 2.75) is 25.3 Å². The predicted octanol–water partition coefficient (Wildman–Crippen LogP) is 2.18. The van der Waals surface area contributed by atoms with Gasteiger partial charge in [-0.3, -0.25) is 0 Å². The van der Waals surface area contributed by atoms with Gasteiger partial charge >= 0.3 is 0 Å². The zero-order chi connectivity index (χ0) is 19.0. The molecular weight excluding hydrogens is 362 g/mol. The van der Waals surface area contributed by atoms with Crippen LogP contribution in [0.1, 0.15) is 23.7 Å². The number of piperidine rings is 1. The van der Waals surface area contributed by atoms with Gasteiger partial charge in [-0.1, -0.05) is 30.3 Å². The molecule has 1 fully saturated rings. The number of anilines is 1. The number of hydrogen-bond acceptors (Lipinski definition) is 5. The Labute approximate surface area is 158 Å². The number of aromatic amines is 1. The van der Waals surface area contributed by atoms with Crippen LogP contribution in [0.15, 0.2) is 42.6 Å². The summed E-state index contributed by atoms with van der Waals surface area (Å²) in [5.74, 6) is 1.66. The molecule has 1 aliphatic rings. The lowest BCUT2D eigenvalue weighted by molar-refractivity contribution is 0.410. The molecule has 0 bridgehead atoms. The molecule has 0 saturated carbocycles. The van der Waals surface area contributed by atoms with E-state index in [4.69, 9.17) is 0 Å². The topological polar surface area (TPSA) is 91.0 Å². The molecule has 142 valence electrons. The highest BCUT2D eigenvalue weighted by molar-refractivity contribution is 7.88. The molecule has 1 saturated heterocycles. The number of nitrogens with one attached hydrogen (secondary N) is 2. The summed E-state index contributed by atoms with van der Waals surface area (Å²) in [6.45, 7) is 3.22. The van der Waals surface area contributed by atoms with Gasteiger partial charge in [0.05, 0.1) is 11.8 Å². The maximum absolute atomic E-state index is 12.0. The molecule has 2 aromatic heterocycles. The summed E-state index contributed by atoms with van der Waals surface area (Å²) in [5, 5.41) is 0. The predicted molar refractivity (Wildman–Crippen MR) is 106 cm³/mol. The van der Waals surface area contributed by atoms with Crippen LogP contribution in [-0.2, 0) is 10.0 Å². The van der Waals surface area contributed by atoms with Crippen molar-refractivity contribution >= 4 is 26.9 Å². The fraction of sp³-hybridized carbons (Fsp3) is 0.368. The summed E-state index contributed by atoms with van der Waals surface area (Å²) in [4.78, 5) is 14.4. The third-order valence-electron chi connectivity index (χ3n) is 5.00. The Hall–Kier alpha value is -2.45. The second-order valence-electron chi connectivity index (χ2n) is 7.08. The van der Waals surface area contributed by atoms with Crippen molar-refractivity contribution in [3.63, 3.8) is 0 Å². The van der Waals surface area contributed by atoms with Crippen molar-refractivity contribution in [3.05, 3.63) is 54.0 Å². The molecule has 0 unspecified atom stereocenters. The van der Waals surface area contributed by atoms with Crippen LogP contribution < -0.4 is 9.62 Å². The largest absolute Gasteiger partial charge is 0.357 e. The third-order valence-corrected chi connectivity index (χ3v) is 5.73. The smallest absolute Gasteiger partial charge is 0.209 e. The molecule has 2 atom stereocenters. The first kappa shape index (κ1) is 17.9. The van der Waals surface area contributed by atoms with Crippen molar-refractivity contribution in [2.24, 2.45) is 0 Å². The molecule has 0 amide bonds. The first-order chi connectivity index (χ1) is 12.9. The van der Waals surface area contributed by atoms with Crippen LogP contribution in [0.4, 0.5) is 5.82 Å². The van der Waals surface area contributed by atoms with Crippen molar-refractivity contribution in [2.75, 3.05) is 24.2 Å². The van der Waals surface area contributed by atoms with E-state index in [1.165, 1.54) is 6.26 Å². The zero-order valence-corrected chi connectivity index (χ0v) is 16.2. The van der Waals surface area contributed by atoms with Crippen LogP contribution in [0.2, 0.25) is 0 Å². The third kappa shape index (κ3) is 3.81. The SMILES string of the molecule is Cc1nc(N2CC[C@@H](c3ccccc3)[C@@H](NS(C)(=O)=O)C2)c2[nH]ccc2n1. The Bertz CT molecular complexity index is 1050. The Morgan fingerprint density at radius 1 is 1.19 bits per heavy atom. The van der Waals surface area contributed by atoms with Gasteiger partial charge in [0.25, 0.3) is 0 Å². The quantitative estimate of drug-likeness (QED) is 0.718. The van der Waals surface area contributed by atoms with E-state index in [9.17, 15) is 8.42 Å². The van der Waals surface area contributed by atoms with Crippen LogP contribution >= 0.6 is 0 Å². The van der Waals surface area contributed by atoms with Crippen LogP contribution in [-0.4, -0.2) is 48.8 Å². The standard InChI is InChI=1S/C19H23N5O2S/c1-13-21-16-8-10-20-18(16)19(22-13)24-11-9-15(14-6-4-3-5-7-14)17(12-24)23-27(2,25)26/h3-8,10,15,17,20,23H,9,11-12H2,1-2H3/t15-,17-/m0/s1. The van der Waals surface area contributed by atoms with Gasteiger partial charge in [0.1, 0.15) is 11.3 Å². The number of rotatable bonds is 4. The van der Waals surface area contributed by atoms with E-state index in [0.717, 1.165) is 35.4 Å². The molecule has 0 aliphatic carbocycles. The monoisotopic (exact) mass is 385 g/mol. The number of aryl methyl sites for hydroxylation is 1. The summed E-state index contributed by atoms with van der Waals surface area (Å²) < 4.78 is 26.8. The summed E-state index contributed by atoms with van der Waals surface area (Å²) in [6.07, 6.45) is 3.90. The van der Waals surface area contributed by atoms with Crippen LogP contribution in [0.5, 0.6) is 0 Å². The summed E-state index contributed by atoms with van der Waals surface area (Å²) in [6, 6.07) is 11.8. The summed E-state index contributed by atoms with van der Waals surface area (Å²) in [7, 11) is -3.33. The number of fused-ring (bicyclic) bond motifs is 1. The van der Waals surface area contributed by atoms with Gasteiger partial charge in [-0.05, 0) is 25.0 Å². The summed E-state index contributed by atoms with van der Waals surface area (Å²) in [5.41, 5.74) is 2.91. The zero-order valence-electron chi connectivity index (χ0n) is 15.4. The number of benzene rings is 1. The van der Waals surface area contributed by atoms with Gasteiger partial charge < -0.3 is 9.88 Å². The molecule has 3 aromatic rings. The van der Waals surface area contributed by atoms with Crippen LogP contribution in [0.25, 0.3) is 11.0 Å². The number of nitrogens with zero attached hydrogens (tertiary/aromatic N) is 3. The summed E-state index contributed by atoms with van der Waals surface area (Å²) >= 11 is 0. The van der Waals surface area contributed by atoms with Gasteiger partial charge in [-0.2, -0.15) is 0 Å². The molecule has 3 heterocycles. The van der Waals surface area contributed by atoms with Gasteiger partial charge in [0.15, 0.2) is 5.82 Å². The number of sulfonamides is 1. The molecule has 7 nitrogen and oxygen atoms in total. The average molecular weight is 385 g/mol. The molecule has 2 N–H and O–H groups in total. The van der Waals surface area contributed by atoms with E-state index in [2.05, 4.69) is 36.7 Å². The Balaban J connectivity index is 1.69. The minimum atomic E-state index is -3.33. The van der Waals surface area contributed by atoms with Crippen molar-refractivity contribution in [1.82, 2.24) is 19.7 Å². The normalized spacial score (nSPS) is 20.9. The van der Waals surface area contributed by atoms with Crippen molar-refractivity contribution in [3.8, 4) is 0 Å². The molecule has 0 spiro atoms. The average Bonchev–Trinajstić information content (AvgIpc) is 3.08. The van der Waals surface area contributed by atoms with Gasteiger partial charge in [-0.25, -0.2) is 23.1 Å². The molecule has 1 aromatic carbocycles. The first-order valence-corrected chi connectivity index (χ1v) is 10.9. The van der Waals surface area contributed by atoms with E-state index >= 15 is 0 Å². The number of hydrogen-bond donors (Lipinski definition) is 2. The van der Waals surface area contributed by atoms with E-state index in [-0.39, 0.29) is 12.0 Å². The van der Waals surface area contributed by atoms with E-state index < -0.39 is 10.0 Å². The molecule has 8 heteroatoms. The fourth-order valence-electron chi connectivity index (χ4n) is 3.91. The van der Waals surface area contributed by atoms with Gasteiger partial charge in [-0.15, -0.1) is 0 Å². The lowest BCUT2D eigenvalue weighted by atomic mass is 9.86. The lowest BCUT2D eigenvalue weighted by Crippen LogP contribution is -2.51. The Kier molecular flexibility index (Phi) is 4.61. The minimum absolute atomic E-state index is 0.124. The van der Waals surface area contributed by atoms with Crippen LogP contribution in [0.3, 0.4) is 0 Å². The van der Waals surface area contributed by atoms with Gasteiger partial charge in [0, 0.05) is 31.2 Å².